The van der Waals surface area contributed by atoms with E-state index in [0.29, 0.717) is 34.4 Å². The van der Waals surface area contributed by atoms with Crippen LogP contribution in [0, 0.1) is 16.2 Å². The van der Waals surface area contributed by atoms with Gasteiger partial charge in [-0.25, -0.2) is 28.1 Å². The number of hydrogen-bond acceptors (Lipinski definition) is 9. The van der Waals surface area contributed by atoms with Crippen LogP contribution < -0.4 is 17.1 Å². The summed E-state index contributed by atoms with van der Waals surface area (Å²) in [6.07, 6.45) is 35.0. The third-order valence-corrected chi connectivity index (χ3v) is 14.5. The van der Waals surface area contributed by atoms with Gasteiger partial charge in [-0.05, 0) is 91.4 Å². The van der Waals surface area contributed by atoms with E-state index in [1.54, 1.807) is 0 Å². The number of aromatic nitrogens is 3. The van der Waals surface area contributed by atoms with E-state index in [1.807, 2.05) is 0 Å². The van der Waals surface area contributed by atoms with Gasteiger partial charge < -0.3 is 14.2 Å². The van der Waals surface area contributed by atoms with E-state index < -0.39 is 17.1 Å². The van der Waals surface area contributed by atoms with Crippen LogP contribution in [0.15, 0.2) is 14.4 Å². The van der Waals surface area contributed by atoms with Crippen LogP contribution in [-0.4, -0.2) is 48.7 Å². The van der Waals surface area contributed by atoms with Gasteiger partial charge in [0.1, 0.15) is 19.8 Å². The first-order valence-corrected chi connectivity index (χ1v) is 28.0. The van der Waals surface area contributed by atoms with Gasteiger partial charge in [-0.3, -0.25) is 0 Å². The van der Waals surface area contributed by atoms with Gasteiger partial charge in [0.25, 0.3) is 0 Å². The lowest BCUT2D eigenvalue weighted by atomic mass is 9.82. The Hall–Kier alpha value is -1.92. The molecule has 0 bridgehead atoms. The largest absolute Gasteiger partial charge is 0.485 e. The molecule has 0 aromatic carbocycles. The SMILES string of the molecule is CCCCCCCCCC(C)(C)CCC(=S)OCCn1c(=O)n(CCOC(=S)CCC(C)(C)CCCCCCCCC)c(=O)n(CCOC(=S)CCC(C)(C)CCCCCCCCC)c1=O. The van der Waals surface area contributed by atoms with Crippen molar-refractivity contribution < 1.29 is 14.2 Å². The van der Waals surface area contributed by atoms with Crippen molar-refractivity contribution in [3.63, 3.8) is 0 Å². The molecule has 0 atom stereocenters. The van der Waals surface area contributed by atoms with E-state index in [4.69, 9.17) is 50.9 Å². The van der Waals surface area contributed by atoms with Gasteiger partial charge >= 0.3 is 17.1 Å². The number of hydrogen-bond donors (Lipinski definition) is 0. The van der Waals surface area contributed by atoms with E-state index in [9.17, 15) is 14.4 Å². The van der Waals surface area contributed by atoms with E-state index in [-0.39, 0.29) is 55.7 Å². The Bertz CT molecular complexity index is 1440. The van der Waals surface area contributed by atoms with Gasteiger partial charge in [-0.15, -0.1) is 0 Å². The Morgan fingerprint density at radius 2 is 0.576 bits per heavy atom. The second-order valence-corrected chi connectivity index (χ2v) is 22.9. The van der Waals surface area contributed by atoms with Gasteiger partial charge in [0.05, 0.1) is 19.6 Å². The van der Waals surface area contributed by atoms with Crippen LogP contribution in [0.1, 0.15) is 255 Å². The summed E-state index contributed by atoms with van der Waals surface area (Å²) in [5.74, 6) is 0. The Labute approximate surface area is 419 Å². The maximum atomic E-state index is 13.8. The fourth-order valence-electron chi connectivity index (χ4n) is 8.60. The van der Waals surface area contributed by atoms with Crippen molar-refractivity contribution in [1.29, 1.82) is 0 Å². The van der Waals surface area contributed by atoms with Crippen LogP contribution in [0.25, 0.3) is 0 Å². The third-order valence-electron chi connectivity index (χ3n) is 13.5. The molecular weight excluding hydrogens is 883 g/mol. The molecule has 12 heteroatoms. The van der Waals surface area contributed by atoms with Crippen LogP contribution in [0.2, 0.25) is 0 Å². The molecule has 66 heavy (non-hydrogen) atoms. The minimum Gasteiger partial charge on any atom is -0.485 e. The molecule has 1 aromatic rings. The molecule has 0 saturated heterocycles. The maximum Gasteiger partial charge on any atom is 0.336 e. The van der Waals surface area contributed by atoms with Crippen LogP contribution in [0.4, 0.5) is 0 Å². The molecule has 0 saturated carbocycles. The number of unbranched alkanes of at least 4 members (excludes halogenated alkanes) is 18. The van der Waals surface area contributed by atoms with Crippen LogP contribution >= 0.6 is 36.7 Å². The maximum absolute atomic E-state index is 13.8. The lowest BCUT2D eigenvalue weighted by molar-refractivity contribution is 0.238. The van der Waals surface area contributed by atoms with Crippen molar-refractivity contribution in [1.82, 2.24) is 13.7 Å². The summed E-state index contributed by atoms with van der Waals surface area (Å²) in [5.41, 5.74) is -1.72. The first kappa shape index (κ1) is 62.1. The second kappa shape index (κ2) is 36.1. The molecule has 0 radical (unpaired) electrons. The van der Waals surface area contributed by atoms with Gasteiger partial charge in [0.15, 0.2) is 15.2 Å². The standard InChI is InChI=1S/C54H99N3O6S3/c1-10-13-16-19-22-25-28-34-52(4,5)37-31-46(64)61-43-40-55-49(58)56(41-44-62-47(65)32-38-53(6,7)35-29-26-23-20-17-14-11-2)51(60)57(50(55)59)42-45-63-48(66)33-39-54(8,9)36-30-27-24-21-18-15-12-3/h10-45H2,1-9H3. The first-order chi connectivity index (χ1) is 31.4. The molecule has 1 aromatic heterocycles. The molecule has 0 amide bonds. The molecule has 0 aliphatic carbocycles. The molecule has 0 aliphatic rings. The molecule has 9 nitrogen and oxygen atoms in total. The number of thiocarbonyl (C=S) groups is 3. The highest BCUT2D eigenvalue weighted by atomic mass is 32.1. The highest BCUT2D eigenvalue weighted by molar-refractivity contribution is 7.80. The minimum absolute atomic E-state index is 0.0365. The molecular formula is C54H99N3O6S3. The molecule has 0 spiro atoms. The molecule has 0 unspecified atom stereocenters. The monoisotopic (exact) mass is 982 g/mol. The second-order valence-electron chi connectivity index (χ2n) is 21.6. The number of rotatable bonds is 42. The topological polar surface area (TPSA) is 93.7 Å². The summed E-state index contributed by atoms with van der Waals surface area (Å²) >= 11 is 16.8. The fourth-order valence-corrected chi connectivity index (χ4v) is 9.16. The third kappa shape index (κ3) is 29.9. The predicted molar refractivity (Wildman–Crippen MR) is 292 cm³/mol. The van der Waals surface area contributed by atoms with E-state index in [0.717, 1.165) is 52.2 Å². The van der Waals surface area contributed by atoms with Crippen molar-refractivity contribution in [3.05, 3.63) is 31.5 Å². The lowest BCUT2D eigenvalue weighted by Crippen LogP contribution is -2.55. The Morgan fingerprint density at radius 3 is 0.803 bits per heavy atom. The van der Waals surface area contributed by atoms with Gasteiger partial charge in [0.2, 0.25) is 0 Å². The summed E-state index contributed by atoms with van der Waals surface area (Å²) < 4.78 is 21.0. The van der Waals surface area contributed by atoms with Crippen molar-refractivity contribution in [3.8, 4) is 0 Å². The van der Waals surface area contributed by atoms with Crippen molar-refractivity contribution in [2.24, 2.45) is 16.2 Å². The molecule has 0 aliphatic heterocycles. The van der Waals surface area contributed by atoms with E-state index >= 15 is 0 Å². The van der Waals surface area contributed by atoms with Crippen molar-refractivity contribution >= 4 is 51.8 Å². The summed E-state index contributed by atoms with van der Waals surface area (Å²) in [4.78, 5) is 41.5. The molecule has 384 valence electrons. The van der Waals surface area contributed by atoms with Crippen molar-refractivity contribution in [2.45, 2.75) is 275 Å². The quantitative estimate of drug-likeness (QED) is 0.0469. The summed E-state index contributed by atoms with van der Waals surface area (Å²) in [5, 5.41) is 1.39. The molecule has 1 rings (SSSR count). The highest BCUT2D eigenvalue weighted by Crippen LogP contribution is 2.32. The summed E-state index contributed by atoms with van der Waals surface area (Å²) in [6, 6.07) is 0. The zero-order valence-corrected chi connectivity index (χ0v) is 46.4. The average molecular weight is 983 g/mol. The number of nitrogens with zero attached hydrogens (tertiary/aromatic N) is 3. The summed E-state index contributed by atoms with van der Waals surface area (Å²) in [6.45, 7) is 20.4. The Morgan fingerprint density at radius 1 is 0.364 bits per heavy atom. The average Bonchev–Trinajstić information content (AvgIpc) is 3.27. The van der Waals surface area contributed by atoms with Crippen LogP contribution in [0.3, 0.4) is 0 Å². The van der Waals surface area contributed by atoms with E-state index in [2.05, 4.69) is 62.3 Å². The fraction of sp³-hybridized carbons (Fsp3) is 0.889. The van der Waals surface area contributed by atoms with Gasteiger partial charge in [0, 0.05) is 19.3 Å². The zero-order chi connectivity index (χ0) is 49.3. The Kier molecular flexibility index (Phi) is 33.9. The van der Waals surface area contributed by atoms with Gasteiger partial charge in [-0.1, -0.05) is 197 Å². The lowest BCUT2D eigenvalue weighted by Gasteiger charge is -2.25. The minimum atomic E-state index is -0.712. The summed E-state index contributed by atoms with van der Waals surface area (Å²) in [7, 11) is 0. The molecule has 1 heterocycles. The predicted octanol–water partition coefficient (Wildman–Crippen LogP) is 15.0. The van der Waals surface area contributed by atoms with Crippen LogP contribution in [-0.2, 0) is 33.8 Å². The first-order valence-electron chi connectivity index (χ1n) is 26.8. The highest BCUT2D eigenvalue weighted by Gasteiger charge is 2.22. The zero-order valence-electron chi connectivity index (χ0n) is 44.0. The van der Waals surface area contributed by atoms with Crippen molar-refractivity contribution in [2.75, 3.05) is 19.8 Å². The molecule has 0 fully saturated rings. The van der Waals surface area contributed by atoms with E-state index in [1.165, 1.54) is 135 Å². The normalized spacial score (nSPS) is 12.1. The Balaban J connectivity index is 2.93. The molecule has 0 N–H and O–H groups in total. The van der Waals surface area contributed by atoms with Crippen LogP contribution in [0.5, 0.6) is 0 Å². The van der Waals surface area contributed by atoms with Gasteiger partial charge in [-0.2, -0.15) is 0 Å². The number of ether oxygens (including phenoxy) is 3. The smallest absolute Gasteiger partial charge is 0.336 e.